The van der Waals surface area contributed by atoms with Crippen molar-refractivity contribution in [2.24, 2.45) is 11.7 Å². The third-order valence-electron chi connectivity index (χ3n) is 4.16. The molecular weight excluding hydrogens is 446 g/mol. The molecule has 0 saturated carbocycles. The molecule has 0 bridgehead atoms. The Bertz CT molecular complexity index is 785. The van der Waals surface area contributed by atoms with Crippen LogP contribution in [0.1, 0.15) is 33.6 Å². The minimum Gasteiger partial charge on any atom is -0.481 e. The standard InChI is InChI=1S/C18H29N5O10/c1-7(2)14(18(33)21-8(3)15(30)20-6-13(28)29)23-17(32)10(5-12(26)27)22-16(31)9(19)4-11(24)25/h7-10,14H,4-6,19H2,1-3H3,(H,20,30)(H,21,33)(H,22,31)(H,23,32)(H,24,25)(H,26,27)(H,28,29)/t8-,9-,10-,14-/m0/s1. The Kier molecular flexibility index (Phi) is 12.1. The van der Waals surface area contributed by atoms with Gasteiger partial charge in [0, 0.05) is 0 Å². The van der Waals surface area contributed by atoms with Gasteiger partial charge in [-0.15, -0.1) is 0 Å². The van der Waals surface area contributed by atoms with Crippen molar-refractivity contribution in [2.75, 3.05) is 6.54 Å². The molecule has 186 valence electrons. The predicted octanol–water partition coefficient (Wildman–Crippen LogP) is -3.41. The summed E-state index contributed by atoms with van der Waals surface area (Å²) in [4.78, 5) is 81.3. The molecule has 0 unspecified atom stereocenters. The predicted molar refractivity (Wildman–Crippen MR) is 109 cm³/mol. The van der Waals surface area contributed by atoms with Crippen LogP contribution in [0, 0.1) is 5.92 Å². The maximum Gasteiger partial charge on any atom is 0.322 e. The number of nitrogens with two attached hydrogens (primary N) is 1. The second-order valence-electron chi connectivity index (χ2n) is 7.44. The highest BCUT2D eigenvalue weighted by molar-refractivity contribution is 5.96. The van der Waals surface area contributed by atoms with E-state index in [1.807, 2.05) is 0 Å². The lowest BCUT2D eigenvalue weighted by Gasteiger charge is -2.26. The molecule has 0 aromatic carbocycles. The molecule has 0 fully saturated rings. The van der Waals surface area contributed by atoms with Gasteiger partial charge in [0.15, 0.2) is 0 Å². The van der Waals surface area contributed by atoms with Crippen molar-refractivity contribution >= 4 is 41.5 Å². The highest BCUT2D eigenvalue weighted by atomic mass is 16.4. The van der Waals surface area contributed by atoms with Crippen LogP contribution in [0.15, 0.2) is 0 Å². The Labute approximate surface area is 188 Å². The molecule has 0 radical (unpaired) electrons. The second kappa shape index (κ2) is 13.6. The van der Waals surface area contributed by atoms with Crippen LogP contribution < -0.4 is 27.0 Å². The van der Waals surface area contributed by atoms with Crippen LogP contribution >= 0.6 is 0 Å². The van der Waals surface area contributed by atoms with E-state index in [4.69, 9.17) is 21.1 Å². The largest absolute Gasteiger partial charge is 0.481 e. The Hall–Kier alpha value is -3.75. The average molecular weight is 475 g/mol. The van der Waals surface area contributed by atoms with Gasteiger partial charge in [-0.25, -0.2) is 0 Å². The van der Waals surface area contributed by atoms with E-state index in [1.54, 1.807) is 13.8 Å². The average Bonchev–Trinajstić information content (AvgIpc) is 2.67. The van der Waals surface area contributed by atoms with Gasteiger partial charge in [-0.05, 0) is 12.8 Å². The van der Waals surface area contributed by atoms with Gasteiger partial charge in [-0.2, -0.15) is 0 Å². The fourth-order valence-corrected chi connectivity index (χ4v) is 2.42. The number of carbonyl (C=O) groups is 7. The Morgan fingerprint density at radius 2 is 1.24 bits per heavy atom. The van der Waals surface area contributed by atoms with E-state index in [1.165, 1.54) is 6.92 Å². The third-order valence-corrected chi connectivity index (χ3v) is 4.16. The first-order valence-corrected chi connectivity index (χ1v) is 9.75. The van der Waals surface area contributed by atoms with E-state index in [-0.39, 0.29) is 0 Å². The van der Waals surface area contributed by atoms with E-state index < -0.39 is 91.0 Å². The number of carboxylic acid groups (broad SMARTS) is 3. The molecule has 0 aromatic heterocycles. The van der Waals surface area contributed by atoms with Gasteiger partial charge < -0.3 is 42.3 Å². The zero-order valence-corrected chi connectivity index (χ0v) is 18.3. The zero-order chi connectivity index (χ0) is 25.9. The quantitative estimate of drug-likeness (QED) is 0.123. The minimum atomic E-state index is -1.67. The first kappa shape index (κ1) is 29.2. The minimum absolute atomic E-state index is 0.543. The summed E-state index contributed by atoms with van der Waals surface area (Å²) in [5, 5.41) is 35.0. The summed E-state index contributed by atoms with van der Waals surface area (Å²) in [6, 6.07) is -5.62. The molecule has 0 aliphatic rings. The maximum atomic E-state index is 12.6. The van der Waals surface area contributed by atoms with Gasteiger partial charge in [-0.3, -0.25) is 33.6 Å². The topological polar surface area (TPSA) is 254 Å². The van der Waals surface area contributed by atoms with Crippen LogP contribution in [-0.4, -0.2) is 87.6 Å². The third kappa shape index (κ3) is 11.4. The summed E-state index contributed by atoms with van der Waals surface area (Å²) in [5.41, 5.74) is 5.41. The Morgan fingerprint density at radius 1 is 0.697 bits per heavy atom. The number of carbonyl (C=O) groups excluding carboxylic acids is 4. The van der Waals surface area contributed by atoms with Crippen molar-refractivity contribution in [1.29, 1.82) is 0 Å². The van der Waals surface area contributed by atoms with Gasteiger partial charge in [0.1, 0.15) is 24.7 Å². The Balaban J connectivity index is 5.31. The number of carboxylic acids is 3. The smallest absolute Gasteiger partial charge is 0.322 e. The number of hydrogen-bond donors (Lipinski definition) is 8. The number of nitrogens with one attached hydrogen (secondary N) is 4. The zero-order valence-electron chi connectivity index (χ0n) is 18.3. The molecule has 0 spiro atoms. The summed E-state index contributed by atoms with van der Waals surface area (Å²) in [6.45, 7) is 3.72. The second-order valence-corrected chi connectivity index (χ2v) is 7.44. The van der Waals surface area contributed by atoms with Gasteiger partial charge in [0.2, 0.25) is 23.6 Å². The van der Waals surface area contributed by atoms with E-state index >= 15 is 0 Å². The van der Waals surface area contributed by atoms with Crippen molar-refractivity contribution < 1.29 is 48.9 Å². The number of hydrogen-bond acceptors (Lipinski definition) is 8. The van der Waals surface area contributed by atoms with E-state index in [0.29, 0.717) is 0 Å². The van der Waals surface area contributed by atoms with E-state index in [2.05, 4.69) is 21.3 Å². The van der Waals surface area contributed by atoms with Crippen LogP contribution in [0.3, 0.4) is 0 Å². The van der Waals surface area contributed by atoms with Gasteiger partial charge in [0.05, 0.1) is 18.9 Å². The lowest BCUT2D eigenvalue weighted by atomic mass is 10.0. The molecule has 9 N–H and O–H groups in total. The first-order valence-electron chi connectivity index (χ1n) is 9.75. The lowest BCUT2D eigenvalue weighted by molar-refractivity contribution is -0.142. The number of amides is 4. The summed E-state index contributed by atoms with van der Waals surface area (Å²) in [7, 11) is 0. The van der Waals surface area contributed by atoms with Crippen molar-refractivity contribution in [3.05, 3.63) is 0 Å². The number of aliphatic carboxylic acids is 3. The molecule has 4 atom stereocenters. The fourth-order valence-electron chi connectivity index (χ4n) is 2.42. The van der Waals surface area contributed by atoms with Crippen molar-refractivity contribution in [1.82, 2.24) is 21.3 Å². The summed E-state index contributed by atoms with van der Waals surface area (Å²) in [6.07, 6.45) is -1.64. The summed E-state index contributed by atoms with van der Waals surface area (Å²) >= 11 is 0. The number of rotatable bonds is 14. The van der Waals surface area contributed by atoms with Gasteiger partial charge >= 0.3 is 17.9 Å². The highest BCUT2D eigenvalue weighted by Crippen LogP contribution is 2.05. The molecule has 15 nitrogen and oxygen atoms in total. The summed E-state index contributed by atoms with van der Waals surface area (Å²) < 4.78 is 0. The fraction of sp³-hybridized carbons (Fsp3) is 0.611. The SMILES string of the molecule is CC(C)[C@H](NC(=O)[C@H](CC(=O)O)NC(=O)[C@@H](N)CC(=O)O)C(=O)N[C@@H](C)C(=O)NCC(=O)O. The van der Waals surface area contributed by atoms with Crippen LogP contribution in [0.5, 0.6) is 0 Å². The van der Waals surface area contributed by atoms with Crippen LogP contribution in [0.4, 0.5) is 0 Å². The molecule has 33 heavy (non-hydrogen) atoms. The maximum absolute atomic E-state index is 12.6. The molecule has 0 aromatic rings. The molecule has 0 heterocycles. The van der Waals surface area contributed by atoms with Crippen molar-refractivity contribution in [3.63, 3.8) is 0 Å². The molecule has 0 aliphatic heterocycles. The summed E-state index contributed by atoms with van der Waals surface area (Å²) in [5.74, 6) is -8.41. The molecule has 0 saturated heterocycles. The van der Waals surface area contributed by atoms with Crippen LogP contribution in [0.2, 0.25) is 0 Å². The highest BCUT2D eigenvalue weighted by Gasteiger charge is 2.32. The lowest BCUT2D eigenvalue weighted by Crippen LogP contribution is -2.59. The Morgan fingerprint density at radius 3 is 1.70 bits per heavy atom. The molecule has 4 amide bonds. The first-order chi connectivity index (χ1) is 15.1. The van der Waals surface area contributed by atoms with Crippen molar-refractivity contribution in [2.45, 2.75) is 57.8 Å². The van der Waals surface area contributed by atoms with E-state index in [9.17, 15) is 33.6 Å². The molecular formula is C18H29N5O10. The monoisotopic (exact) mass is 475 g/mol. The van der Waals surface area contributed by atoms with Crippen molar-refractivity contribution in [3.8, 4) is 0 Å². The molecule has 15 heteroatoms. The molecule has 0 rings (SSSR count). The molecule has 0 aliphatic carbocycles. The van der Waals surface area contributed by atoms with Gasteiger partial charge in [-0.1, -0.05) is 13.8 Å². The van der Waals surface area contributed by atoms with Crippen LogP contribution in [-0.2, 0) is 33.6 Å². The van der Waals surface area contributed by atoms with E-state index in [0.717, 1.165) is 0 Å². The van der Waals surface area contributed by atoms with Gasteiger partial charge in [0.25, 0.3) is 0 Å². The van der Waals surface area contributed by atoms with Crippen LogP contribution in [0.25, 0.3) is 0 Å². The normalized spacial score (nSPS) is 14.2.